The molecule has 3 nitrogen and oxygen atoms in total. The summed E-state index contributed by atoms with van der Waals surface area (Å²) >= 11 is 0. The molecule has 18 heavy (non-hydrogen) atoms. The molecule has 0 aliphatic heterocycles. The van der Waals surface area contributed by atoms with E-state index in [4.69, 9.17) is 0 Å². The van der Waals surface area contributed by atoms with Gasteiger partial charge in [-0.1, -0.05) is 17.3 Å². The summed E-state index contributed by atoms with van der Waals surface area (Å²) in [7, 11) is 0. The third kappa shape index (κ3) is 2.68. The van der Waals surface area contributed by atoms with Crippen molar-refractivity contribution in [2.45, 2.75) is 26.3 Å². The average Bonchev–Trinajstić information content (AvgIpc) is 2.38. The van der Waals surface area contributed by atoms with Crippen LogP contribution in [0.4, 0.5) is 5.69 Å². The van der Waals surface area contributed by atoms with Crippen LogP contribution in [0.3, 0.4) is 0 Å². The van der Waals surface area contributed by atoms with Crippen molar-refractivity contribution in [3.05, 3.63) is 48.8 Å². The van der Waals surface area contributed by atoms with E-state index in [-0.39, 0.29) is 0 Å². The van der Waals surface area contributed by atoms with E-state index in [1.807, 2.05) is 57.2 Å². The second kappa shape index (κ2) is 4.78. The number of hydroxylamine groups is 1. The third-order valence-corrected chi connectivity index (χ3v) is 2.70. The molecular weight excluding hydrogens is 224 g/mol. The molecule has 1 heterocycles. The van der Waals surface area contributed by atoms with Gasteiger partial charge in [0.2, 0.25) is 0 Å². The molecule has 0 saturated carbocycles. The second-order valence-corrected chi connectivity index (χ2v) is 5.25. The van der Waals surface area contributed by atoms with E-state index in [2.05, 4.69) is 4.98 Å². The Hall–Kier alpha value is -1.87. The Kier molecular flexibility index (Phi) is 3.34. The summed E-state index contributed by atoms with van der Waals surface area (Å²) in [4.78, 5) is 4.00. The number of hydrogen-bond donors (Lipinski definition) is 0. The lowest BCUT2D eigenvalue weighted by molar-refractivity contribution is 0.102. The zero-order valence-corrected chi connectivity index (χ0v) is 10.9. The number of aromatic nitrogens is 1. The first-order valence-electron chi connectivity index (χ1n) is 5.96. The summed E-state index contributed by atoms with van der Waals surface area (Å²) in [5.74, 6) is 0. The van der Waals surface area contributed by atoms with Gasteiger partial charge in [-0.25, -0.2) is 5.06 Å². The molecule has 0 amide bonds. The summed E-state index contributed by atoms with van der Waals surface area (Å²) in [6.45, 7) is 5.71. The van der Waals surface area contributed by atoms with Crippen LogP contribution in [0, 0.1) is 0 Å². The molecule has 0 N–H and O–H groups in total. The number of benzene rings is 1. The fourth-order valence-electron chi connectivity index (χ4n) is 1.74. The predicted octanol–water partition coefficient (Wildman–Crippen LogP) is 3.70. The lowest BCUT2D eigenvalue weighted by atomic mass is 10.0. The van der Waals surface area contributed by atoms with Crippen LogP contribution in [-0.2, 0) is 5.21 Å². The minimum atomic E-state index is -0.434. The maximum atomic E-state index is 12.2. The summed E-state index contributed by atoms with van der Waals surface area (Å²) in [5.41, 5.74) is 2.34. The van der Waals surface area contributed by atoms with Crippen molar-refractivity contribution in [1.82, 2.24) is 4.98 Å². The van der Waals surface area contributed by atoms with Crippen molar-refractivity contribution < 1.29 is 5.21 Å². The van der Waals surface area contributed by atoms with Gasteiger partial charge in [-0.05, 0) is 56.2 Å². The minimum Gasteiger partial charge on any atom is -0.265 e. The van der Waals surface area contributed by atoms with Gasteiger partial charge in [0.05, 0.1) is 11.2 Å². The van der Waals surface area contributed by atoms with Crippen molar-refractivity contribution in [3.8, 4) is 11.1 Å². The summed E-state index contributed by atoms with van der Waals surface area (Å²) in [6, 6.07) is 11.5. The first-order chi connectivity index (χ1) is 8.48. The highest BCUT2D eigenvalue weighted by atomic mass is 16.5. The van der Waals surface area contributed by atoms with Gasteiger partial charge in [-0.2, -0.15) is 0 Å². The van der Waals surface area contributed by atoms with Crippen molar-refractivity contribution in [2.75, 3.05) is 5.06 Å². The number of anilines is 1. The highest BCUT2D eigenvalue weighted by Gasteiger charge is 2.21. The first-order valence-corrected chi connectivity index (χ1v) is 5.96. The van der Waals surface area contributed by atoms with Crippen LogP contribution in [0.5, 0.6) is 0 Å². The van der Waals surface area contributed by atoms with Crippen LogP contribution in [0.25, 0.3) is 11.1 Å². The molecule has 93 valence electrons. The van der Waals surface area contributed by atoms with Gasteiger partial charge in [0.15, 0.2) is 0 Å². The maximum absolute atomic E-state index is 12.2. The van der Waals surface area contributed by atoms with E-state index in [1.165, 1.54) is 0 Å². The quantitative estimate of drug-likeness (QED) is 0.751. The van der Waals surface area contributed by atoms with Crippen molar-refractivity contribution in [3.63, 3.8) is 0 Å². The van der Waals surface area contributed by atoms with E-state index in [0.717, 1.165) is 16.2 Å². The number of rotatable bonds is 2. The molecule has 2 rings (SSSR count). The highest BCUT2D eigenvalue weighted by Crippen LogP contribution is 2.27. The topological polar surface area (TPSA) is 36.0 Å². The molecule has 0 spiro atoms. The lowest BCUT2D eigenvalue weighted by Gasteiger charge is -2.29. The third-order valence-electron chi connectivity index (χ3n) is 2.70. The van der Waals surface area contributed by atoms with Gasteiger partial charge in [-0.15, -0.1) is 0 Å². The summed E-state index contributed by atoms with van der Waals surface area (Å²) in [6.07, 6.45) is 3.50. The molecule has 0 aliphatic carbocycles. The van der Waals surface area contributed by atoms with Gasteiger partial charge >= 0.3 is 0 Å². The van der Waals surface area contributed by atoms with Crippen LogP contribution in [0.2, 0.25) is 0 Å². The average molecular weight is 241 g/mol. The smallest absolute Gasteiger partial charge is 0.0680 e. The van der Waals surface area contributed by atoms with Crippen LogP contribution in [0.15, 0.2) is 48.8 Å². The Morgan fingerprint density at radius 1 is 1.00 bits per heavy atom. The standard InChI is InChI=1S/C15H17N2O/c1-15(2,3)17(18)14-6-4-5-13(11-14)12-7-9-16-10-8-12/h4-11H,1-3H3. The van der Waals surface area contributed by atoms with Crippen LogP contribution in [-0.4, -0.2) is 10.5 Å². The Morgan fingerprint density at radius 3 is 2.28 bits per heavy atom. The lowest BCUT2D eigenvalue weighted by Crippen LogP contribution is -2.37. The van der Waals surface area contributed by atoms with Gasteiger partial charge < -0.3 is 0 Å². The van der Waals surface area contributed by atoms with E-state index in [9.17, 15) is 5.21 Å². The van der Waals surface area contributed by atoms with Crippen LogP contribution >= 0.6 is 0 Å². The van der Waals surface area contributed by atoms with Gasteiger partial charge in [0.25, 0.3) is 0 Å². The molecular formula is C15H17N2O. The Labute approximate surface area is 108 Å². The van der Waals surface area contributed by atoms with Crippen molar-refractivity contribution in [2.24, 2.45) is 0 Å². The predicted molar refractivity (Wildman–Crippen MR) is 72.6 cm³/mol. The fraction of sp³-hybridized carbons (Fsp3) is 0.267. The molecule has 3 heteroatoms. The molecule has 0 bridgehead atoms. The summed E-state index contributed by atoms with van der Waals surface area (Å²) < 4.78 is 0. The van der Waals surface area contributed by atoms with Gasteiger partial charge in [0, 0.05) is 12.4 Å². The molecule has 2 aromatic rings. The van der Waals surface area contributed by atoms with E-state index >= 15 is 0 Å². The fourth-order valence-corrected chi connectivity index (χ4v) is 1.74. The number of pyridine rings is 1. The Bertz CT molecular complexity index is 518. The highest BCUT2D eigenvalue weighted by molar-refractivity contribution is 5.67. The van der Waals surface area contributed by atoms with E-state index < -0.39 is 5.54 Å². The van der Waals surface area contributed by atoms with Gasteiger partial charge in [-0.3, -0.25) is 4.98 Å². The van der Waals surface area contributed by atoms with E-state index in [0.29, 0.717) is 5.69 Å². The molecule has 0 atom stereocenters. The molecule has 0 aliphatic rings. The molecule has 0 unspecified atom stereocenters. The van der Waals surface area contributed by atoms with Crippen LogP contribution in [0.1, 0.15) is 20.8 Å². The zero-order chi connectivity index (χ0) is 13.2. The largest absolute Gasteiger partial charge is 0.265 e. The Balaban J connectivity index is 2.37. The minimum absolute atomic E-state index is 0.434. The molecule has 0 fully saturated rings. The number of nitrogens with zero attached hydrogens (tertiary/aromatic N) is 2. The first kappa shape index (κ1) is 12.6. The SMILES string of the molecule is CC(C)(C)N([O])c1cccc(-c2ccncc2)c1. The zero-order valence-electron chi connectivity index (χ0n) is 10.9. The Morgan fingerprint density at radius 2 is 1.67 bits per heavy atom. The molecule has 1 aromatic carbocycles. The van der Waals surface area contributed by atoms with E-state index in [1.54, 1.807) is 12.4 Å². The molecule has 1 radical (unpaired) electrons. The number of hydrogen-bond acceptors (Lipinski definition) is 2. The maximum Gasteiger partial charge on any atom is 0.0680 e. The normalized spacial score (nSPS) is 11.3. The molecule has 1 aromatic heterocycles. The second-order valence-electron chi connectivity index (χ2n) is 5.25. The molecule has 0 saturated heterocycles. The van der Waals surface area contributed by atoms with Gasteiger partial charge in [0.1, 0.15) is 0 Å². The van der Waals surface area contributed by atoms with Crippen LogP contribution < -0.4 is 5.06 Å². The van der Waals surface area contributed by atoms with Crippen molar-refractivity contribution in [1.29, 1.82) is 0 Å². The monoisotopic (exact) mass is 241 g/mol. The van der Waals surface area contributed by atoms with Crippen molar-refractivity contribution >= 4 is 5.69 Å². The summed E-state index contributed by atoms with van der Waals surface area (Å²) in [5, 5.41) is 13.2.